The molecule has 6 rings (SSSR count). The summed E-state index contributed by atoms with van der Waals surface area (Å²) in [7, 11) is 0. The fourth-order valence-corrected chi connectivity index (χ4v) is 5.26. The molecule has 0 saturated heterocycles. The summed E-state index contributed by atoms with van der Waals surface area (Å²) in [5, 5.41) is 7.48. The SMILES string of the molecule is CCn1c(=O)c2cnc(Nc3ccc4c(c3)CNCC43CC3)cc2n1-c1ccnc(C(C)(C)F)c1. The Kier molecular flexibility index (Phi) is 4.86. The molecule has 35 heavy (non-hydrogen) atoms. The molecule has 2 N–H and O–H groups in total. The number of fused-ring (bicyclic) bond motifs is 3. The molecule has 4 aromatic rings. The van der Waals surface area contributed by atoms with Crippen LogP contribution in [0.5, 0.6) is 0 Å². The molecule has 1 aliphatic carbocycles. The van der Waals surface area contributed by atoms with E-state index in [0.29, 0.717) is 40.1 Å². The van der Waals surface area contributed by atoms with Crippen LogP contribution in [0.1, 0.15) is 50.4 Å². The molecule has 2 aliphatic rings. The summed E-state index contributed by atoms with van der Waals surface area (Å²) in [4.78, 5) is 21.8. The summed E-state index contributed by atoms with van der Waals surface area (Å²) in [5.41, 5.74) is 4.07. The molecule has 1 aliphatic heterocycles. The number of nitrogens with zero attached hydrogens (tertiary/aromatic N) is 4. The number of hydrogen-bond donors (Lipinski definition) is 2. The van der Waals surface area contributed by atoms with Crippen molar-refractivity contribution in [1.29, 1.82) is 0 Å². The number of hydrogen-bond acceptors (Lipinski definition) is 5. The van der Waals surface area contributed by atoms with Crippen molar-refractivity contribution in [2.75, 3.05) is 11.9 Å². The highest BCUT2D eigenvalue weighted by Gasteiger charge is 2.46. The van der Waals surface area contributed by atoms with Crippen LogP contribution in [0, 0.1) is 0 Å². The lowest BCUT2D eigenvalue weighted by molar-refractivity contribution is 0.214. The zero-order valence-electron chi connectivity index (χ0n) is 20.2. The molecule has 0 radical (unpaired) electrons. The molecule has 180 valence electrons. The van der Waals surface area contributed by atoms with E-state index in [9.17, 15) is 9.18 Å². The van der Waals surface area contributed by atoms with E-state index in [2.05, 4.69) is 38.8 Å². The van der Waals surface area contributed by atoms with Gasteiger partial charge in [0, 0.05) is 49.2 Å². The van der Waals surface area contributed by atoms with Crippen molar-refractivity contribution in [3.8, 4) is 5.69 Å². The lowest BCUT2D eigenvalue weighted by Gasteiger charge is -2.26. The molecule has 4 heterocycles. The van der Waals surface area contributed by atoms with Gasteiger partial charge in [-0.05, 0) is 69.0 Å². The van der Waals surface area contributed by atoms with Gasteiger partial charge in [0.05, 0.1) is 22.3 Å². The number of halogens is 1. The van der Waals surface area contributed by atoms with E-state index >= 15 is 0 Å². The van der Waals surface area contributed by atoms with Crippen molar-refractivity contribution >= 4 is 22.4 Å². The second kappa shape index (κ2) is 7.75. The van der Waals surface area contributed by atoms with Gasteiger partial charge < -0.3 is 10.6 Å². The summed E-state index contributed by atoms with van der Waals surface area (Å²) in [6.07, 6.45) is 5.69. The molecule has 0 unspecified atom stereocenters. The zero-order valence-corrected chi connectivity index (χ0v) is 20.2. The van der Waals surface area contributed by atoms with Crippen LogP contribution in [0.4, 0.5) is 15.9 Å². The van der Waals surface area contributed by atoms with Crippen LogP contribution in [0.15, 0.2) is 53.6 Å². The van der Waals surface area contributed by atoms with E-state index in [4.69, 9.17) is 0 Å². The Morgan fingerprint density at radius 2 is 2.00 bits per heavy atom. The van der Waals surface area contributed by atoms with Gasteiger partial charge in [-0.25, -0.2) is 18.7 Å². The maximum atomic E-state index is 14.6. The topological polar surface area (TPSA) is 76.8 Å². The third-order valence-electron chi connectivity index (χ3n) is 7.29. The lowest BCUT2D eigenvalue weighted by atomic mass is 9.88. The van der Waals surface area contributed by atoms with Crippen LogP contribution >= 0.6 is 0 Å². The minimum absolute atomic E-state index is 0.131. The van der Waals surface area contributed by atoms with Gasteiger partial charge in [0.2, 0.25) is 0 Å². The number of benzene rings is 1. The third-order valence-corrected chi connectivity index (χ3v) is 7.29. The largest absolute Gasteiger partial charge is 0.340 e. The average Bonchev–Trinajstić information content (AvgIpc) is 3.55. The Hall–Kier alpha value is -3.52. The van der Waals surface area contributed by atoms with Gasteiger partial charge in [-0.2, -0.15) is 0 Å². The molecule has 1 spiro atoms. The maximum Gasteiger partial charge on any atom is 0.276 e. The van der Waals surface area contributed by atoms with Gasteiger partial charge in [-0.1, -0.05) is 6.07 Å². The maximum absolute atomic E-state index is 14.6. The minimum Gasteiger partial charge on any atom is -0.340 e. The van der Waals surface area contributed by atoms with Crippen molar-refractivity contribution in [3.63, 3.8) is 0 Å². The van der Waals surface area contributed by atoms with Crippen molar-refractivity contribution in [2.45, 2.75) is 57.8 Å². The smallest absolute Gasteiger partial charge is 0.276 e. The molecule has 0 amide bonds. The van der Waals surface area contributed by atoms with Gasteiger partial charge >= 0.3 is 0 Å². The summed E-state index contributed by atoms with van der Waals surface area (Å²) >= 11 is 0. The second-order valence-corrected chi connectivity index (χ2v) is 10.2. The van der Waals surface area contributed by atoms with Crippen LogP contribution in [-0.2, 0) is 24.2 Å². The lowest BCUT2D eigenvalue weighted by Crippen LogP contribution is -2.33. The highest BCUT2D eigenvalue weighted by molar-refractivity contribution is 5.83. The molecule has 1 saturated carbocycles. The Bertz CT molecular complexity index is 1510. The second-order valence-electron chi connectivity index (χ2n) is 10.2. The number of pyridine rings is 2. The minimum atomic E-state index is -1.59. The summed E-state index contributed by atoms with van der Waals surface area (Å²) in [6, 6.07) is 11.9. The molecule has 1 fully saturated rings. The first kappa shape index (κ1) is 22.0. The monoisotopic (exact) mass is 472 g/mol. The number of anilines is 2. The number of rotatable bonds is 5. The highest BCUT2D eigenvalue weighted by Crippen LogP contribution is 2.50. The van der Waals surface area contributed by atoms with Crippen LogP contribution in [0.25, 0.3) is 16.6 Å². The Morgan fingerprint density at radius 1 is 1.17 bits per heavy atom. The summed E-state index contributed by atoms with van der Waals surface area (Å²) in [5.74, 6) is 0.643. The molecule has 7 nitrogen and oxygen atoms in total. The molecular formula is C27H29FN6O. The fourth-order valence-electron chi connectivity index (χ4n) is 5.26. The average molecular weight is 473 g/mol. The summed E-state index contributed by atoms with van der Waals surface area (Å²) < 4.78 is 18.1. The third kappa shape index (κ3) is 3.63. The molecule has 0 bridgehead atoms. The van der Waals surface area contributed by atoms with Crippen LogP contribution in [0.2, 0.25) is 0 Å². The van der Waals surface area contributed by atoms with Crippen molar-refractivity contribution in [2.24, 2.45) is 0 Å². The molecule has 8 heteroatoms. The van der Waals surface area contributed by atoms with Crippen molar-refractivity contribution < 1.29 is 4.39 Å². The van der Waals surface area contributed by atoms with Gasteiger partial charge in [0.25, 0.3) is 5.56 Å². The normalized spacial score (nSPS) is 16.5. The van der Waals surface area contributed by atoms with E-state index in [1.165, 1.54) is 37.8 Å². The molecule has 1 aromatic carbocycles. The van der Waals surface area contributed by atoms with Gasteiger partial charge in [0.15, 0.2) is 0 Å². The first-order chi connectivity index (χ1) is 16.8. The number of nitrogens with one attached hydrogen (secondary N) is 2. The first-order valence-electron chi connectivity index (χ1n) is 12.2. The predicted octanol–water partition coefficient (Wildman–Crippen LogP) is 4.69. The van der Waals surface area contributed by atoms with Crippen LogP contribution in [-0.4, -0.2) is 25.9 Å². The Morgan fingerprint density at radius 3 is 2.74 bits per heavy atom. The molecule has 0 atom stereocenters. The Balaban J connectivity index is 1.42. The predicted molar refractivity (Wildman–Crippen MR) is 135 cm³/mol. The van der Waals surface area contributed by atoms with E-state index < -0.39 is 5.67 Å². The van der Waals surface area contributed by atoms with Gasteiger partial charge in [-0.3, -0.25) is 9.78 Å². The molecule has 3 aromatic heterocycles. The van der Waals surface area contributed by atoms with Crippen molar-refractivity contribution in [3.05, 3.63) is 76.0 Å². The van der Waals surface area contributed by atoms with Crippen molar-refractivity contribution in [1.82, 2.24) is 24.6 Å². The fraction of sp³-hybridized carbons (Fsp3) is 0.370. The van der Waals surface area contributed by atoms with Crippen LogP contribution in [0.3, 0.4) is 0 Å². The quantitative estimate of drug-likeness (QED) is 0.441. The van der Waals surface area contributed by atoms with Crippen LogP contribution < -0.4 is 16.2 Å². The van der Waals surface area contributed by atoms with E-state index in [0.717, 1.165) is 18.8 Å². The number of aromatic nitrogens is 4. The summed E-state index contributed by atoms with van der Waals surface area (Å²) in [6.45, 7) is 7.27. The van der Waals surface area contributed by atoms with Gasteiger partial charge in [0.1, 0.15) is 11.5 Å². The first-order valence-corrected chi connectivity index (χ1v) is 12.2. The Labute approximate surface area is 203 Å². The van der Waals surface area contributed by atoms with E-state index in [1.54, 1.807) is 29.2 Å². The van der Waals surface area contributed by atoms with E-state index in [1.807, 2.05) is 17.7 Å². The zero-order chi connectivity index (χ0) is 24.4. The molecular weight excluding hydrogens is 443 g/mol. The standard InChI is InChI=1S/C27H29FN6O/c1-4-33-25(35)20-15-31-24(13-22(20)34(33)19-7-10-30-23(12-19)26(2,3)28)32-18-5-6-21-17(11-18)14-29-16-27(21)8-9-27/h5-7,10-13,15,29H,4,8-9,14,16H2,1-3H3,(H,31,32). The van der Waals surface area contributed by atoms with E-state index in [-0.39, 0.29) is 5.56 Å². The highest BCUT2D eigenvalue weighted by atomic mass is 19.1. The van der Waals surface area contributed by atoms with Gasteiger partial charge in [-0.15, -0.1) is 0 Å². The number of alkyl halides is 1.